The van der Waals surface area contributed by atoms with E-state index >= 15 is 0 Å². The van der Waals surface area contributed by atoms with Crippen LogP contribution in [0.15, 0.2) is 0 Å². The lowest BCUT2D eigenvalue weighted by Crippen LogP contribution is -2.29. The second-order valence-electron chi connectivity index (χ2n) is 4.76. The van der Waals surface area contributed by atoms with Crippen LogP contribution in [0.4, 0.5) is 0 Å². The van der Waals surface area contributed by atoms with Gasteiger partial charge in [-0.1, -0.05) is 47.0 Å². The molecule has 0 amide bonds. The van der Waals surface area contributed by atoms with Gasteiger partial charge in [-0.25, -0.2) is 0 Å². The highest BCUT2D eigenvalue weighted by molar-refractivity contribution is 4.59. The molecule has 0 atom stereocenters. The van der Waals surface area contributed by atoms with Crippen LogP contribution in [0, 0.1) is 5.92 Å². The van der Waals surface area contributed by atoms with E-state index in [9.17, 15) is 0 Å². The molecule has 86 valence electrons. The van der Waals surface area contributed by atoms with Crippen molar-refractivity contribution in [2.75, 3.05) is 19.6 Å². The van der Waals surface area contributed by atoms with Gasteiger partial charge in [-0.15, -0.1) is 0 Å². The predicted molar refractivity (Wildman–Crippen MR) is 65.7 cm³/mol. The van der Waals surface area contributed by atoms with Gasteiger partial charge < -0.3 is 4.90 Å². The Labute approximate surface area is 90.9 Å². The van der Waals surface area contributed by atoms with Crippen LogP contribution in [0.25, 0.3) is 0 Å². The van der Waals surface area contributed by atoms with Gasteiger partial charge in [0.25, 0.3) is 0 Å². The van der Waals surface area contributed by atoms with Crippen molar-refractivity contribution < 1.29 is 0 Å². The average molecular weight is 199 g/mol. The molecule has 0 aliphatic rings. The van der Waals surface area contributed by atoms with Gasteiger partial charge in [0, 0.05) is 6.54 Å². The van der Waals surface area contributed by atoms with Crippen molar-refractivity contribution in [3.8, 4) is 0 Å². The molecule has 0 saturated carbocycles. The van der Waals surface area contributed by atoms with E-state index in [1.54, 1.807) is 0 Å². The maximum absolute atomic E-state index is 2.63. The quantitative estimate of drug-likeness (QED) is 0.508. The second kappa shape index (κ2) is 9.51. The molecule has 0 fully saturated rings. The van der Waals surface area contributed by atoms with E-state index in [-0.39, 0.29) is 0 Å². The Morgan fingerprint density at radius 1 is 0.857 bits per heavy atom. The lowest BCUT2D eigenvalue weighted by atomic mass is 10.1. The Balaban J connectivity index is 3.51. The van der Waals surface area contributed by atoms with E-state index in [1.807, 2.05) is 0 Å². The van der Waals surface area contributed by atoms with E-state index in [4.69, 9.17) is 0 Å². The van der Waals surface area contributed by atoms with Crippen molar-refractivity contribution in [1.82, 2.24) is 4.90 Å². The predicted octanol–water partition coefficient (Wildman–Crippen LogP) is 3.93. The van der Waals surface area contributed by atoms with Crippen LogP contribution in [-0.2, 0) is 0 Å². The smallest absolute Gasteiger partial charge is 0.000438 e. The van der Waals surface area contributed by atoms with E-state index < -0.39 is 0 Å². The third-order valence-corrected chi connectivity index (χ3v) is 2.49. The van der Waals surface area contributed by atoms with Gasteiger partial charge in [0.05, 0.1) is 0 Å². The monoisotopic (exact) mass is 199 g/mol. The van der Waals surface area contributed by atoms with Gasteiger partial charge in [0.15, 0.2) is 0 Å². The van der Waals surface area contributed by atoms with Crippen LogP contribution in [0.1, 0.15) is 59.8 Å². The molecule has 0 saturated heterocycles. The van der Waals surface area contributed by atoms with Gasteiger partial charge in [0.2, 0.25) is 0 Å². The highest BCUT2D eigenvalue weighted by atomic mass is 15.1. The van der Waals surface area contributed by atoms with Crippen LogP contribution < -0.4 is 0 Å². The third-order valence-electron chi connectivity index (χ3n) is 2.49. The van der Waals surface area contributed by atoms with E-state index in [0.29, 0.717) is 0 Å². The minimum Gasteiger partial charge on any atom is -0.303 e. The van der Waals surface area contributed by atoms with Crippen molar-refractivity contribution in [3.05, 3.63) is 0 Å². The number of hydrogen-bond donors (Lipinski definition) is 0. The zero-order chi connectivity index (χ0) is 10.8. The molecule has 0 aliphatic heterocycles. The normalized spacial score (nSPS) is 11.6. The molecule has 14 heavy (non-hydrogen) atoms. The van der Waals surface area contributed by atoms with Crippen molar-refractivity contribution in [2.45, 2.75) is 59.8 Å². The zero-order valence-electron chi connectivity index (χ0n) is 10.7. The van der Waals surface area contributed by atoms with Crippen LogP contribution in [0.2, 0.25) is 0 Å². The fraction of sp³-hybridized carbons (Fsp3) is 1.00. The molecule has 0 radical (unpaired) electrons. The summed E-state index contributed by atoms with van der Waals surface area (Å²) in [4.78, 5) is 2.63. The van der Waals surface area contributed by atoms with Gasteiger partial charge in [0.1, 0.15) is 0 Å². The maximum atomic E-state index is 2.63. The molecular formula is C13H29N. The summed E-state index contributed by atoms with van der Waals surface area (Å²) in [7, 11) is 0. The first-order valence-corrected chi connectivity index (χ1v) is 6.43. The minimum atomic E-state index is 0.813. The summed E-state index contributed by atoms with van der Waals surface area (Å²) in [6.45, 7) is 13.1. The molecule has 0 aromatic carbocycles. The Kier molecular flexibility index (Phi) is 9.49. The molecule has 0 unspecified atom stereocenters. The van der Waals surface area contributed by atoms with Crippen molar-refractivity contribution in [1.29, 1.82) is 0 Å². The number of nitrogens with zero attached hydrogens (tertiary/aromatic N) is 1. The molecule has 0 aromatic heterocycles. The third kappa shape index (κ3) is 8.55. The van der Waals surface area contributed by atoms with Crippen LogP contribution in [0.3, 0.4) is 0 Å². The lowest BCUT2D eigenvalue weighted by molar-refractivity contribution is 0.239. The van der Waals surface area contributed by atoms with E-state index in [2.05, 4.69) is 32.6 Å². The SMILES string of the molecule is CCCCCCN(CCC)CC(C)C. The molecule has 0 heterocycles. The van der Waals surface area contributed by atoms with Gasteiger partial charge in [-0.3, -0.25) is 0 Å². The summed E-state index contributed by atoms with van der Waals surface area (Å²) in [6.07, 6.45) is 6.84. The average Bonchev–Trinajstić information content (AvgIpc) is 2.12. The first kappa shape index (κ1) is 14.0. The topological polar surface area (TPSA) is 3.24 Å². The second-order valence-corrected chi connectivity index (χ2v) is 4.76. The largest absolute Gasteiger partial charge is 0.303 e. The standard InChI is InChI=1S/C13H29N/c1-5-7-8-9-11-14(10-6-2)12-13(3)4/h13H,5-12H2,1-4H3. The Morgan fingerprint density at radius 3 is 2.07 bits per heavy atom. The number of rotatable bonds is 9. The Bertz CT molecular complexity index is 110. The van der Waals surface area contributed by atoms with Gasteiger partial charge in [-0.2, -0.15) is 0 Å². The summed E-state index contributed by atoms with van der Waals surface area (Å²) in [6, 6.07) is 0. The van der Waals surface area contributed by atoms with Gasteiger partial charge in [-0.05, 0) is 31.8 Å². The zero-order valence-corrected chi connectivity index (χ0v) is 10.7. The summed E-state index contributed by atoms with van der Waals surface area (Å²) < 4.78 is 0. The highest BCUT2D eigenvalue weighted by Crippen LogP contribution is 2.05. The molecule has 1 heteroatoms. The van der Waals surface area contributed by atoms with E-state index in [0.717, 1.165) is 5.92 Å². The Morgan fingerprint density at radius 2 is 1.57 bits per heavy atom. The maximum Gasteiger partial charge on any atom is 0.000438 e. The lowest BCUT2D eigenvalue weighted by Gasteiger charge is -2.23. The molecule has 0 rings (SSSR count). The highest BCUT2D eigenvalue weighted by Gasteiger charge is 2.05. The molecule has 0 bridgehead atoms. The minimum absolute atomic E-state index is 0.813. The molecule has 0 aromatic rings. The first-order chi connectivity index (χ1) is 6.70. The van der Waals surface area contributed by atoms with Crippen molar-refractivity contribution in [2.24, 2.45) is 5.92 Å². The Hall–Kier alpha value is -0.0400. The van der Waals surface area contributed by atoms with Crippen LogP contribution in [0.5, 0.6) is 0 Å². The van der Waals surface area contributed by atoms with Crippen molar-refractivity contribution >= 4 is 0 Å². The van der Waals surface area contributed by atoms with Crippen LogP contribution in [-0.4, -0.2) is 24.5 Å². The number of unbranched alkanes of at least 4 members (excludes halogenated alkanes) is 3. The molecule has 0 N–H and O–H groups in total. The van der Waals surface area contributed by atoms with Crippen molar-refractivity contribution in [3.63, 3.8) is 0 Å². The summed E-state index contributed by atoms with van der Waals surface area (Å²) in [5.41, 5.74) is 0. The molecule has 1 nitrogen and oxygen atoms in total. The number of hydrogen-bond acceptors (Lipinski definition) is 1. The molecule has 0 aliphatic carbocycles. The summed E-state index contributed by atoms with van der Waals surface area (Å²) in [5.74, 6) is 0.813. The summed E-state index contributed by atoms with van der Waals surface area (Å²) >= 11 is 0. The van der Waals surface area contributed by atoms with Crippen LogP contribution >= 0.6 is 0 Å². The molecule has 0 spiro atoms. The molecular weight excluding hydrogens is 170 g/mol. The summed E-state index contributed by atoms with van der Waals surface area (Å²) in [5, 5.41) is 0. The van der Waals surface area contributed by atoms with Gasteiger partial charge >= 0.3 is 0 Å². The fourth-order valence-corrected chi connectivity index (χ4v) is 1.89. The van der Waals surface area contributed by atoms with E-state index in [1.165, 1.54) is 51.7 Å². The first-order valence-electron chi connectivity index (χ1n) is 6.43. The fourth-order valence-electron chi connectivity index (χ4n) is 1.89.